The number of hydrogen-bond acceptors (Lipinski definition) is 5. The highest BCUT2D eigenvalue weighted by Crippen LogP contribution is 2.28. The second-order valence-electron chi connectivity index (χ2n) is 6.19. The standard InChI is InChI=1S/C16H26N6O.HI/c1-23-14-5-2-4-13(14)12-20-15(17)21-8-10-22(11-9-21)16-18-6-3-7-19-16;/h3,6-7,13-14H,2,4-5,8-12H2,1H3,(H2,17,20);1H. The van der Waals surface area contributed by atoms with Crippen LogP contribution in [0, 0.1) is 5.92 Å². The lowest BCUT2D eigenvalue weighted by Gasteiger charge is -2.35. The molecule has 2 N–H and O–H groups in total. The number of halogens is 1. The lowest BCUT2D eigenvalue weighted by Crippen LogP contribution is -2.51. The highest BCUT2D eigenvalue weighted by atomic mass is 127. The quantitative estimate of drug-likeness (QED) is 0.428. The van der Waals surface area contributed by atoms with Gasteiger partial charge < -0.3 is 20.3 Å². The van der Waals surface area contributed by atoms with E-state index < -0.39 is 0 Å². The van der Waals surface area contributed by atoms with Crippen molar-refractivity contribution in [1.82, 2.24) is 14.9 Å². The fraction of sp³-hybridized carbons (Fsp3) is 0.688. The fourth-order valence-corrected chi connectivity index (χ4v) is 3.42. The molecule has 1 aromatic rings. The van der Waals surface area contributed by atoms with Crippen molar-refractivity contribution in [2.75, 3.05) is 44.7 Å². The molecule has 0 spiro atoms. The van der Waals surface area contributed by atoms with Crippen LogP contribution in [0.5, 0.6) is 0 Å². The SMILES string of the molecule is COC1CCCC1CN=C(N)N1CCN(c2ncccn2)CC1.I. The van der Waals surface area contributed by atoms with Crippen molar-refractivity contribution in [1.29, 1.82) is 0 Å². The smallest absolute Gasteiger partial charge is 0.225 e. The van der Waals surface area contributed by atoms with Gasteiger partial charge in [-0.25, -0.2) is 9.97 Å². The molecule has 0 bridgehead atoms. The van der Waals surface area contributed by atoms with Crippen molar-refractivity contribution < 1.29 is 4.74 Å². The summed E-state index contributed by atoms with van der Waals surface area (Å²) in [6, 6.07) is 1.83. The maximum absolute atomic E-state index is 6.18. The average Bonchev–Trinajstić information content (AvgIpc) is 3.08. The lowest BCUT2D eigenvalue weighted by molar-refractivity contribution is 0.0742. The first-order valence-corrected chi connectivity index (χ1v) is 8.37. The first kappa shape index (κ1) is 19.2. The molecule has 7 nitrogen and oxygen atoms in total. The number of aromatic nitrogens is 2. The van der Waals surface area contributed by atoms with Gasteiger partial charge in [-0.1, -0.05) is 6.42 Å². The normalized spacial score (nSPS) is 24.8. The summed E-state index contributed by atoms with van der Waals surface area (Å²) in [6.45, 7) is 4.21. The van der Waals surface area contributed by atoms with Gasteiger partial charge in [0.2, 0.25) is 5.95 Å². The number of rotatable bonds is 4. The van der Waals surface area contributed by atoms with Gasteiger partial charge in [-0.05, 0) is 18.9 Å². The lowest BCUT2D eigenvalue weighted by atomic mass is 10.1. The molecule has 0 aromatic carbocycles. The number of anilines is 1. The number of nitrogens with zero attached hydrogens (tertiary/aromatic N) is 5. The van der Waals surface area contributed by atoms with Gasteiger partial charge in [0.25, 0.3) is 0 Å². The van der Waals surface area contributed by atoms with Crippen LogP contribution < -0.4 is 10.6 Å². The van der Waals surface area contributed by atoms with Gasteiger partial charge in [0, 0.05) is 58.1 Å². The summed E-state index contributed by atoms with van der Waals surface area (Å²) >= 11 is 0. The minimum Gasteiger partial charge on any atom is -0.381 e. The van der Waals surface area contributed by atoms with Gasteiger partial charge in [0.15, 0.2) is 5.96 Å². The van der Waals surface area contributed by atoms with Crippen LogP contribution in [-0.4, -0.2) is 66.8 Å². The first-order valence-electron chi connectivity index (χ1n) is 8.37. The fourth-order valence-electron chi connectivity index (χ4n) is 3.42. The Morgan fingerprint density at radius 2 is 1.96 bits per heavy atom. The number of aliphatic imine (C=N–C) groups is 1. The molecule has 1 saturated heterocycles. The summed E-state index contributed by atoms with van der Waals surface area (Å²) < 4.78 is 5.52. The number of ether oxygens (including phenoxy) is 1. The molecule has 8 heteroatoms. The molecule has 3 rings (SSSR count). The summed E-state index contributed by atoms with van der Waals surface area (Å²) in [5.74, 6) is 1.95. The maximum atomic E-state index is 6.18. The molecule has 0 amide bonds. The third-order valence-corrected chi connectivity index (χ3v) is 4.82. The Bertz CT molecular complexity index is 521. The van der Waals surface area contributed by atoms with E-state index in [9.17, 15) is 0 Å². The molecular weight excluding hydrogens is 419 g/mol. The summed E-state index contributed by atoms with van der Waals surface area (Å²) in [5, 5.41) is 0. The third-order valence-electron chi connectivity index (χ3n) is 4.82. The Kier molecular flexibility index (Phi) is 7.47. The Morgan fingerprint density at radius 3 is 2.62 bits per heavy atom. The summed E-state index contributed by atoms with van der Waals surface area (Å²) in [6.07, 6.45) is 7.46. The van der Waals surface area contributed by atoms with Crippen molar-refractivity contribution in [2.45, 2.75) is 25.4 Å². The number of methoxy groups -OCH3 is 1. The van der Waals surface area contributed by atoms with Crippen LogP contribution in [0.1, 0.15) is 19.3 Å². The first-order chi connectivity index (χ1) is 11.3. The third kappa shape index (κ3) is 4.69. The Hall–Kier alpha value is -1.16. The van der Waals surface area contributed by atoms with E-state index in [-0.39, 0.29) is 24.0 Å². The van der Waals surface area contributed by atoms with E-state index >= 15 is 0 Å². The molecule has 1 aliphatic carbocycles. The van der Waals surface area contributed by atoms with Crippen LogP contribution in [0.15, 0.2) is 23.5 Å². The van der Waals surface area contributed by atoms with Gasteiger partial charge in [-0.3, -0.25) is 4.99 Å². The topological polar surface area (TPSA) is 79.9 Å². The number of hydrogen-bond donors (Lipinski definition) is 1. The second kappa shape index (κ2) is 9.36. The molecule has 2 atom stereocenters. The van der Waals surface area contributed by atoms with E-state index in [2.05, 4.69) is 24.8 Å². The van der Waals surface area contributed by atoms with Crippen molar-refractivity contribution in [3.8, 4) is 0 Å². The van der Waals surface area contributed by atoms with E-state index in [0.717, 1.165) is 45.1 Å². The molecule has 2 aliphatic rings. The van der Waals surface area contributed by atoms with Gasteiger partial charge in [0.1, 0.15) is 0 Å². The van der Waals surface area contributed by atoms with Crippen molar-refractivity contribution in [3.05, 3.63) is 18.5 Å². The minimum atomic E-state index is 0. The average molecular weight is 446 g/mol. The number of piperazine rings is 1. The zero-order valence-electron chi connectivity index (χ0n) is 14.2. The van der Waals surface area contributed by atoms with Crippen molar-refractivity contribution >= 4 is 35.9 Å². The van der Waals surface area contributed by atoms with Crippen LogP contribution in [0.25, 0.3) is 0 Å². The molecule has 2 unspecified atom stereocenters. The maximum Gasteiger partial charge on any atom is 0.225 e. The highest BCUT2D eigenvalue weighted by Gasteiger charge is 2.27. The van der Waals surface area contributed by atoms with E-state index in [1.165, 1.54) is 12.8 Å². The molecule has 134 valence electrons. The second-order valence-corrected chi connectivity index (χ2v) is 6.19. The van der Waals surface area contributed by atoms with E-state index in [4.69, 9.17) is 10.5 Å². The van der Waals surface area contributed by atoms with Crippen LogP contribution in [0.4, 0.5) is 5.95 Å². The van der Waals surface area contributed by atoms with Gasteiger partial charge in [-0.2, -0.15) is 0 Å². The molecule has 24 heavy (non-hydrogen) atoms. The van der Waals surface area contributed by atoms with E-state index in [1.54, 1.807) is 19.5 Å². The molecular formula is C16H27IN6O. The number of nitrogens with two attached hydrogens (primary N) is 1. The molecule has 2 heterocycles. The van der Waals surface area contributed by atoms with E-state index in [1.807, 2.05) is 6.07 Å². The predicted octanol–water partition coefficient (Wildman–Crippen LogP) is 1.35. The monoisotopic (exact) mass is 446 g/mol. The van der Waals surface area contributed by atoms with Gasteiger partial charge >= 0.3 is 0 Å². The van der Waals surface area contributed by atoms with Crippen LogP contribution in [0.3, 0.4) is 0 Å². The minimum absolute atomic E-state index is 0. The molecule has 2 fully saturated rings. The Labute approximate surface area is 160 Å². The molecule has 1 saturated carbocycles. The van der Waals surface area contributed by atoms with Crippen LogP contribution >= 0.6 is 24.0 Å². The summed E-state index contributed by atoms with van der Waals surface area (Å²) in [4.78, 5) is 17.5. The number of guanidine groups is 1. The van der Waals surface area contributed by atoms with Crippen LogP contribution in [-0.2, 0) is 4.74 Å². The molecule has 1 aliphatic heterocycles. The van der Waals surface area contributed by atoms with E-state index in [0.29, 0.717) is 18.0 Å². The zero-order chi connectivity index (χ0) is 16.1. The highest BCUT2D eigenvalue weighted by molar-refractivity contribution is 14.0. The van der Waals surface area contributed by atoms with Gasteiger partial charge in [0.05, 0.1) is 6.10 Å². The summed E-state index contributed by atoms with van der Waals surface area (Å²) in [7, 11) is 1.79. The Morgan fingerprint density at radius 1 is 1.25 bits per heavy atom. The largest absolute Gasteiger partial charge is 0.381 e. The van der Waals surface area contributed by atoms with Crippen molar-refractivity contribution in [3.63, 3.8) is 0 Å². The predicted molar refractivity (Wildman–Crippen MR) is 106 cm³/mol. The zero-order valence-corrected chi connectivity index (χ0v) is 16.5. The summed E-state index contributed by atoms with van der Waals surface area (Å²) in [5.41, 5.74) is 6.18. The van der Waals surface area contributed by atoms with Crippen LogP contribution in [0.2, 0.25) is 0 Å². The molecule has 0 radical (unpaired) electrons. The van der Waals surface area contributed by atoms with Crippen molar-refractivity contribution in [2.24, 2.45) is 16.6 Å². The molecule has 1 aromatic heterocycles. The van der Waals surface area contributed by atoms with Gasteiger partial charge in [-0.15, -0.1) is 24.0 Å². The Balaban J connectivity index is 0.00000208.